The average Bonchev–Trinajstić information content (AvgIpc) is 4.21. The minimum Gasteiger partial charge on any atom is -0.454 e. The lowest BCUT2D eigenvalue weighted by molar-refractivity contribution is -0.191. The van der Waals surface area contributed by atoms with Crippen LogP contribution in [-0.4, -0.2) is 69.3 Å². The Balaban J connectivity index is 0.000000192. The normalized spacial score (nSPS) is 13.1. The highest BCUT2D eigenvalue weighted by molar-refractivity contribution is 7.90. The van der Waals surface area contributed by atoms with Gasteiger partial charge in [-0.2, -0.15) is 9.59 Å². The third-order valence-corrected chi connectivity index (χ3v) is 15.4. The summed E-state index contributed by atoms with van der Waals surface area (Å²) in [5, 5.41) is 1.35. The van der Waals surface area contributed by atoms with Crippen LogP contribution >= 0.6 is 0 Å². The van der Waals surface area contributed by atoms with Crippen molar-refractivity contribution in [3.63, 3.8) is 0 Å². The van der Waals surface area contributed by atoms with Crippen molar-refractivity contribution < 1.29 is 64.6 Å². The van der Waals surface area contributed by atoms with Crippen molar-refractivity contribution in [1.82, 2.24) is 18.6 Å². The number of hydrogen-bond donors (Lipinski definition) is 4. The fourth-order valence-electron chi connectivity index (χ4n) is 8.85. The molecule has 2 atom stereocenters. The lowest BCUT2D eigenvalue weighted by Gasteiger charge is -2.18. The Kier molecular flexibility index (Phi) is 15.1. The van der Waals surface area contributed by atoms with Gasteiger partial charge in [0.05, 0.1) is 21.6 Å². The van der Waals surface area contributed by atoms with E-state index in [2.05, 4.69) is 9.44 Å². The number of aromatic nitrogens is 2. The van der Waals surface area contributed by atoms with Crippen molar-refractivity contribution in [3.8, 4) is 23.0 Å². The van der Waals surface area contributed by atoms with E-state index >= 15 is 0 Å². The first-order valence-electron chi connectivity index (χ1n) is 23.1. The molecule has 0 aliphatic carbocycles. The lowest BCUT2D eigenvalue weighted by Crippen LogP contribution is -2.35. The number of aryl methyl sites for hydroxylation is 4. The van der Waals surface area contributed by atoms with Gasteiger partial charge in [-0.1, -0.05) is 61.0 Å². The molecule has 0 bridgehead atoms. The van der Waals surface area contributed by atoms with Gasteiger partial charge in [0, 0.05) is 59.4 Å². The van der Waals surface area contributed by atoms with Crippen LogP contribution in [0, 0.1) is 6.92 Å². The molecule has 6 N–H and O–H groups in total. The van der Waals surface area contributed by atoms with E-state index in [1.807, 2.05) is 13.8 Å². The van der Waals surface area contributed by atoms with Crippen molar-refractivity contribution in [1.29, 1.82) is 0 Å². The summed E-state index contributed by atoms with van der Waals surface area (Å²) in [6.07, 6.45) is 4.49. The molecule has 8 aromatic rings. The molecule has 0 spiro atoms. The number of benzene rings is 6. The summed E-state index contributed by atoms with van der Waals surface area (Å²) in [4.78, 5) is 67.1. The first-order valence-corrected chi connectivity index (χ1v) is 26.0. The van der Waals surface area contributed by atoms with Crippen LogP contribution in [-0.2, 0) is 59.7 Å². The second-order valence-electron chi connectivity index (χ2n) is 17.5. The Morgan fingerprint density at radius 1 is 0.566 bits per heavy atom. The Morgan fingerprint density at radius 3 is 1.33 bits per heavy atom. The first kappa shape index (κ1) is 53.1. The highest BCUT2D eigenvalue weighted by atomic mass is 32.2. The molecule has 4 heterocycles. The van der Waals surface area contributed by atoms with Crippen LogP contribution in [0.5, 0.6) is 23.0 Å². The molecule has 2 unspecified atom stereocenters. The zero-order chi connectivity index (χ0) is 54.6. The Hall–Kier alpha value is -9.24. The molecule has 0 saturated heterocycles. The smallest absolute Gasteiger partial charge is 0.373 e. The van der Waals surface area contributed by atoms with Gasteiger partial charge >= 0.3 is 6.15 Å². The van der Waals surface area contributed by atoms with Crippen LogP contribution in [0.4, 0.5) is 0 Å². The summed E-state index contributed by atoms with van der Waals surface area (Å²) in [6, 6.07) is 32.6. The second kappa shape index (κ2) is 21.7. The van der Waals surface area contributed by atoms with E-state index in [9.17, 15) is 36.0 Å². The number of fused-ring (bicyclic) bond motifs is 4. The van der Waals surface area contributed by atoms with Gasteiger partial charge in [0.2, 0.25) is 37.2 Å². The number of amides is 4. The SMILES string of the molecule is CCc1ccc(S(=O)(=O)NC(=O)C(c2ccc3c(c2)OCO3)c2cn(C)c3cc(C(N)=O)ccc23)cc1.Cc1ccc(S(=O)(=O)NC(=O)C(c2ccc3c(c2)OCO3)c2cn(C)c3cc(C(N)=O)ccc23)cc1.O=C=O. The summed E-state index contributed by atoms with van der Waals surface area (Å²) < 4.78 is 82.2. The molecule has 4 amide bonds. The molecule has 2 aliphatic rings. The first-order chi connectivity index (χ1) is 36.2. The largest absolute Gasteiger partial charge is 0.454 e. The zero-order valence-electron chi connectivity index (χ0n) is 41.1. The molecular weight excluding hydrogens is 1020 g/mol. The van der Waals surface area contributed by atoms with Gasteiger partial charge in [0.15, 0.2) is 23.0 Å². The maximum Gasteiger partial charge on any atom is 0.373 e. The van der Waals surface area contributed by atoms with Crippen LogP contribution < -0.4 is 39.9 Å². The van der Waals surface area contributed by atoms with Gasteiger partial charge in [-0.25, -0.2) is 26.3 Å². The number of nitrogens with two attached hydrogens (primary N) is 2. The van der Waals surface area contributed by atoms with Crippen molar-refractivity contribution >= 4 is 71.6 Å². The minimum absolute atomic E-state index is 0.00786. The third-order valence-electron chi connectivity index (χ3n) is 12.7. The van der Waals surface area contributed by atoms with Crippen LogP contribution in [0.2, 0.25) is 0 Å². The van der Waals surface area contributed by atoms with Crippen molar-refractivity contribution in [2.45, 2.75) is 41.9 Å². The number of nitrogens with zero attached hydrogens (tertiary/aromatic N) is 2. The molecule has 6 aromatic carbocycles. The minimum atomic E-state index is -4.14. The van der Waals surface area contributed by atoms with E-state index in [0.29, 0.717) is 78.2 Å². The van der Waals surface area contributed by atoms with E-state index < -0.39 is 55.5 Å². The highest BCUT2D eigenvalue weighted by Crippen LogP contribution is 2.41. The fourth-order valence-corrected chi connectivity index (χ4v) is 10.8. The molecule has 10 rings (SSSR count). The van der Waals surface area contributed by atoms with Gasteiger partial charge in [0.25, 0.3) is 20.0 Å². The number of hydrogen-bond acceptors (Lipinski definition) is 14. The molecule has 0 fully saturated rings. The van der Waals surface area contributed by atoms with E-state index in [1.54, 1.807) is 133 Å². The standard InChI is InChI=1S/C27H25N3O6S.C26H23N3O6S.CO2/c1-3-16-4-8-19(9-5-16)37(33,34)29-27(32)25(17-7-11-23-24(13-17)36-15-35-23)21-14-30(2)22-12-18(26(28)31)6-10-20(21)22;1-15-3-7-18(8-4-15)36(32,33)28-26(31)24(16-6-10-22-23(12-16)35-14-34-22)20-13-29(2)21-11-17(25(27)30)5-9-19(20)21;2-1-3/h4-14,25H,3,15H2,1-2H3,(H2,28,31)(H,29,32);3-13,24H,14H2,1-2H3,(H2,27,30)(H,28,31);. The quantitative estimate of drug-likeness (QED) is 0.110. The molecule has 20 nitrogen and oxygen atoms in total. The molecule has 76 heavy (non-hydrogen) atoms. The van der Waals surface area contributed by atoms with Gasteiger partial charge in [-0.15, -0.1) is 0 Å². The predicted molar refractivity (Wildman–Crippen MR) is 274 cm³/mol. The van der Waals surface area contributed by atoms with Crippen LogP contribution in [0.3, 0.4) is 0 Å². The van der Waals surface area contributed by atoms with Gasteiger partial charge < -0.3 is 39.5 Å². The molecule has 390 valence electrons. The summed E-state index contributed by atoms with van der Waals surface area (Å²) in [7, 11) is -4.73. The average molecular weight is 1070 g/mol. The molecule has 0 radical (unpaired) electrons. The summed E-state index contributed by atoms with van der Waals surface area (Å²) in [5.41, 5.74) is 16.9. The monoisotopic (exact) mass is 1070 g/mol. The second-order valence-corrected chi connectivity index (χ2v) is 20.9. The van der Waals surface area contributed by atoms with Crippen molar-refractivity contribution in [3.05, 3.63) is 178 Å². The third kappa shape index (κ3) is 11.0. The molecule has 0 saturated carbocycles. The zero-order valence-corrected chi connectivity index (χ0v) is 42.7. The number of carbonyl (C=O) groups excluding carboxylic acids is 6. The van der Waals surface area contributed by atoms with Crippen LogP contribution in [0.15, 0.2) is 144 Å². The maximum atomic E-state index is 13.7. The summed E-state index contributed by atoms with van der Waals surface area (Å²) in [6.45, 7) is 3.93. The number of nitrogens with one attached hydrogen (secondary N) is 2. The predicted octanol–water partition coefficient (Wildman–Crippen LogP) is 5.57. The topological polar surface area (TPSA) is 294 Å². The van der Waals surface area contributed by atoms with E-state index in [4.69, 9.17) is 40.0 Å². The number of primary amides is 2. The summed E-state index contributed by atoms with van der Waals surface area (Å²) >= 11 is 0. The van der Waals surface area contributed by atoms with Crippen molar-refractivity contribution in [2.24, 2.45) is 25.6 Å². The Morgan fingerprint density at radius 2 is 0.947 bits per heavy atom. The maximum absolute atomic E-state index is 13.7. The van der Waals surface area contributed by atoms with Gasteiger partial charge in [0.1, 0.15) is 0 Å². The Labute approximate surface area is 435 Å². The van der Waals surface area contributed by atoms with Gasteiger partial charge in [-0.05, 0) is 114 Å². The van der Waals surface area contributed by atoms with Gasteiger partial charge in [-0.3, -0.25) is 19.2 Å². The molecule has 2 aromatic heterocycles. The highest BCUT2D eigenvalue weighted by Gasteiger charge is 2.34. The molecular formula is C54H48N6O14S2. The number of ether oxygens (including phenoxy) is 4. The number of carbonyl (C=O) groups is 4. The Bertz CT molecular complexity index is 3860. The lowest BCUT2D eigenvalue weighted by atomic mass is 9.90. The molecule has 2 aliphatic heterocycles. The van der Waals surface area contributed by atoms with E-state index in [0.717, 1.165) is 17.5 Å². The van der Waals surface area contributed by atoms with E-state index in [-0.39, 0.29) is 29.5 Å². The fraction of sp³-hybridized carbons (Fsp3) is 0.167. The van der Waals surface area contributed by atoms with E-state index in [1.165, 1.54) is 24.3 Å². The number of rotatable bonds is 13. The van der Waals surface area contributed by atoms with Crippen LogP contribution in [0.1, 0.15) is 72.9 Å². The van der Waals surface area contributed by atoms with Crippen LogP contribution in [0.25, 0.3) is 21.8 Å². The molecule has 22 heteroatoms. The summed E-state index contributed by atoms with van der Waals surface area (Å²) in [5.74, 6) is -2.64. The number of sulfonamides is 2. The van der Waals surface area contributed by atoms with Crippen molar-refractivity contribution in [2.75, 3.05) is 13.6 Å².